The van der Waals surface area contributed by atoms with Gasteiger partial charge in [0.05, 0.1) is 0 Å². The Kier molecular flexibility index (Phi) is 5.24. The van der Waals surface area contributed by atoms with Gasteiger partial charge in [0.15, 0.2) is 8.38 Å². The summed E-state index contributed by atoms with van der Waals surface area (Å²) < 4.78 is 0. The Hall–Kier alpha value is -0.430. The van der Waals surface area contributed by atoms with Crippen molar-refractivity contribution < 1.29 is 9.79 Å². The van der Waals surface area contributed by atoms with Gasteiger partial charge >= 0.3 is 0 Å². The molecule has 2 N–H and O–H groups in total. The average Bonchev–Trinajstić information content (AvgIpc) is 2.21. The van der Waals surface area contributed by atoms with Crippen molar-refractivity contribution in [3.05, 3.63) is 29.3 Å². The first-order valence-electron chi connectivity index (χ1n) is 5.49. The van der Waals surface area contributed by atoms with Crippen LogP contribution in [0.15, 0.2) is 18.2 Å². The van der Waals surface area contributed by atoms with Crippen molar-refractivity contribution >= 4 is 13.7 Å². The molecule has 1 aromatic carbocycles. The summed E-state index contributed by atoms with van der Waals surface area (Å²) in [6.45, 7) is 4.26. The fourth-order valence-electron chi connectivity index (χ4n) is 1.85. The Morgan fingerprint density at radius 2 is 1.73 bits per heavy atom. The van der Waals surface area contributed by atoms with E-state index in [-0.39, 0.29) is 0 Å². The summed E-state index contributed by atoms with van der Waals surface area (Å²) in [6, 6.07) is 5.84. The summed E-state index contributed by atoms with van der Waals surface area (Å²) in [4.78, 5) is 18.7. The Bertz CT molecular complexity index is 310. The van der Waals surface area contributed by atoms with Gasteiger partial charge < -0.3 is 9.79 Å². The van der Waals surface area contributed by atoms with E-state index in [1.165, 1.54) is 5.56 Å². The number of benzene rings is 1. The van der Waals surface area contributed by atoms with Gasteiger partial charge in [0.25, 0.3) is 0 Å². The minimum absolute atomic E-state index is 0.734. The van der Waals surface area contributed by atoms with Crippen LogP contribution in [0.3, 0.4) is 0 Å². The number of hydrogen-bond donors (Lipinski definition) is 2. The zero-order valence-corrected chi connectivity index (χ0v) is 10.3. The topological polar surface area (TPSA) is 40.5 Å². The first-order valence-corrected chi connectivity index (χ1v) is 6.74. The number of hydrogen-bond acceptors (Lipinski definition) is 2. The van der Waals surface area contributed by atoms with Crippen molar-refractivity contribution in [1.82, 2.24) is 0 Å². The largest absolute Gasteiger partial charge is 0.347 e. The van der Waals surface area contributed by atoms with E-state index in [0.717, 1.165) is 36.6 Å². The van der Waals surface area contributed by atoms with E-state index in [1.807, 2.05) is 12.1 Å². The van der Waals surface area contributed by atoms with E-state index in [1.54, 1.807) is 0 Å². The molecule has 0 aliphatic heterocycles. The number of aryl methyl sites for hydroxylation is 1. The fourth-order valence-corrected chi connectivity index (χ4v) is 2.57. The highest BCUT2D eigenvalue weighted by atomic mass is 31.2. The maximum Gasteiger partial charge on any atom is 0.199 e. The van der Waals surface area contributed by atoms with Crippen LogP contribution >= 0.6 is 8.38 Å². The standard InChI is InChI=1S/C12H19O2P/c1-3-6-10-8-5-9-12(15(13)14)11(10)7-4-2/h5,8-9,13-14H,3-4,6-7H2,1-2H3. The molecule has 0 aliphatic rings. The predicted octanol–water partition coefficient (Wildman–Crippen LogP) is 2.51. The number of rotatable bonds is 5. The first kappa shape index (κ1) is 12.6. The maximum atomic E-state index is 9.34. The second kappa shape index (κ2) is 6.22. The van der Waals surface area contributed by atoms with Gasteiger partial charge in [-0.15, -0.1) is 0 Å². The first-order chi connectivity index (χ1) is 7.20. The van der Waals surface area contributed by atoms with Gasteiger partial charge in [-0.25, -0.2) is 0 Å². The molecule has 0 spiro atoms. The van der Waals surface area contributed by atoms with Gasteiger partial charge in [-0.3, -0.25) is 0 Å². The summed E-state index contributed by atoms with van der Waals surface area (Å²) >= 11 is 0. The summed E-state index contributed by atoms with van der Waals surface area (Å²) in [7, 11) is -1.95. The van der Waals surface area contributed by atoms with Gasteiger partial charge in [-0.2, -0.15) is 0 Å². The van der Waals surface area contributed by atoms with Crippen LogP contribution in [0.1, 0.15) is 37.8 Å². The molecule has 0 aliphatic carbocycles. The van der Waals surface area contributed by atoms with Gasteiger partial charge in [-0.1, -0.05) is 38.8 Å². The Morgan fingerprint density at radius 3 is 2.27 bits per heavy atom. The van der Waals surface area contributed by atoms with Crippen LogP contribution in [0.25, 0.3) is 0 Å². The third-order valence-corrected chi connectivity index (χ3v) is 3.33. The van der Waals surface area contributed by atoms with Crippen LogP contribution in [0.4, 0.5) is 0 Å². The van der Waals surface area contributed by atoms with E-state index >= 15 is 0 Å². The molecule has 1 rings (SSSR count). The molecule has 2 nitrogen and oxygen atoms in total. The normalized spacial score (nSPS) is 11.0. The highest BCUT2D eigenvalue weighted by molar-refractivity contribution is 7.54. The van der Waals surface area contributed by atoms with Crippen LogP contribution < -0.4 is 5.30 Å². The van der Waals surface area contributed by atoms with E-state index in [2.05, 4.69) is 19.9 Å². The lowest BCUT2D eigenvalue weighted by atomic mass is 10.00. The summed E-state index contributed by atoms with van der Waals surface area (Å²) in [5.74, 6) is 0. The van der Waals surface area contributed by atoms with Crippen molar-refractivity contribution in [1.29, 1.82) is 0 Å². The Morgan fingerprint density at radius 1 is 1.07 bits per heavy atom. The molecule has 3 heteroatoms. The lowest BCUT2D eigenvalue weighted by Gasteiger charge is -2.14. The molecule has 0 heterocycles. The molecule has 0 unspecified atom stereocenters. The van der Waals surface area contributed by atoms with Crippen LogP contribution in [0, 0.1) is 0 Å². The molecular weight excluding hydrogens is 207 g/mol. The third kappa shape index (κ3) is 3.27. The van der Waals surface area contributed by atoms with Crippen molar-refractivity contribution in [2.45, 2.75) is 39.5 Å². The molecule has 0 radical (unpaired) electrons. The second-order valence-corrected chi connectivity index (χ2v) is 4.76. The SMILES string of the molecule is CCCc1cccc(P(O)O)c1CCC. The van der Waals surface area contributed by atoms with Gasteiger partial charge in [-0.05, 0) is 30.0 Å². The van der Waals surface area contributed by atoms with E-state index in [0.29, 0.717) is 0 Å². The van der Waals surface area contributed by atoms with Gasteiger partial charge in [0.1, 0.15) is 0 Å². The fraction of sp³-hybridized carbons (Fsp3) is 0.500. The molecule has 0 aromatic heterocycles. The molecule has 1 aromatic rings. The molecular formula is C12H19O2P. The molecule has 15 heavy (non-hydrogen) atoms. The van der Waals surface area contributed by atoms with Gasteiger partial charge in [0, 0.05) is 5.30 Å². The van der Waals surface area contributed by atoms with E-state index in [4.69, 9.17) is 0 Å². The van der Waals surface area contributed by atoms with Crippen LogP contribution in [-0.2, 0) is 12.8 Å². The highest BCUT2D eigenvalue weighted by Crippen LogP contribution is 2.27. The van der Waals surface area contributed by atoms with Crippen LogP contribution in [0.2, 0.25) is 0 Å². The molecule has 0 saturated heterocycles. The van der Waals surface area contributed by atoms with Crippen molar-refractivity contribution in [2.75, 3.05) is 0 Å². The summed E-state index contributed by atoms with van der Waals surface area (Å²) in [5, 5.41) is 0.734. The molecule has 0 fully saturated rings. The molecule has 0 bridgehead atoms. The second-order valence-electron chi connectivity index (χ2n) is 3.70. The van der Waals surface area contributed by atoms with E-state index < -0.39 is 8.38 Å². The third-order valence-electron chi connectivity index (χ3n) is 2.48. The predicted molar refractivity (Wildman–Crippen MR) is 65.4 cm³/mol. The minimum Gasteiger partial charge on any atom is -0.347 e. The maximum absolute atomic E-state index is 9.34. The van der Waals surface area contributed by atoms with Crippen LogP contribution in [-0.4, -0.2) is 9.79 Å². The highest BCUT2D eigenvalue weighted by Gasteiger charge is 2.12. The monoisotopic (exact) mass is 226 g/mol. The lowest BCUT2D eigenvalue weighted by Crippen LogP contribution is -2.11. The van der Waals surface area contributed by atoms with Crippen LogP contribution in [0.5, 0.6) is 0 Å². The quantitative estimate of drug-likeness (QED) is 0.757. The van der Waals surface area contributed by atoms with E-state index in [9.17, 15) is 9.79 Å². The molecule has 0 saturated carbocycles. The van der Waals surface area contributed by atoms with Crippen molar-refractivity contribution in [3.8, 4) is 0 Å². The molecule has 0 atom stereocenters. The van der Waals surface area contributed by atoms with Crippen molar-refractivity contribution in [3.63, 3.8) is 0 Å². The molecule has 84 valence electrons. The average molecular weight is 226 g/mol. The van der Waals surface area contributed by atoms with Crippen molar-refractivity contribution in [2.24, 2.45) is 0 Å². The minimum atomic E-state index is -1.95. The Labute approximate surface area is 92.9 Å². The Balaban J connectivity index is 3.09. The summed E-state index contributed by atoms with van der Waals surface area (Å²) in [6.07, 6.45) is 4.09. The van der Waals surface area contributed by atoms with Gasteiger partial charge in [0.2, 0.25) is 0 Å². The summed E-state index contributed by atoms with van der Waals surface area (Å²) in [5.41, 5.74) is 2.42. The smallest absolute Gasteiger partial charge is 0.199 e. The lowest BCUT2D eigenvalue weighted by molar-refractivity contribution is 0.496. The molecule has 0 amide bonds. The zero-order valence-electron chi connectivity index (χ0n) is 9.40. The zero-order chi connectivity index (χ0) is 11.3.